The molecule has 2 amide bonds. The number of methoxy groups -OCH3 is 1. The van der Waals surface area contributed by atoms with Gasteiger partial charge in [0.25, 0.3) is 0 Å². The number of carbonyl (C=O) groups is 2. The van der Waals surface area contributed by atoms with E-state index in [9.17, 15) is 9.59 Å². The standard InChI is InChI=1S/C15H13N3O4S/c1-21-14(19)13-10(6-7-23-13)17-15(20)16-8-11-9-4-2-3-5-12(9)22-18-11/h2-7H,8H2,1H3,(H2,16,17,20). The van der Waals surface area contributed by atoms with Crippen LogP contribution in [0.25, 0.3) is 11.0 Å². The van der Waals surface area contributed by atoms with Crippen molar-refractivity contribution in [1.29, 1.82) is 0 Å². The van der Waals surface area contributed by atoms with Gasteiger partial charge in [0.2, 0.25) is 0 Å². The van der Waals surface area contributed by atoms with Crippen LogP contribution < -0.4 is 10.6 Å². The lowest BCUT2D eigenvalue weighted by Crippen LogP contribution is -2.28. The van der Waals surface area contributed by atoms with Gasteiger partial charge < -0.3 is 19.9 Å². The van der Waals surface area contributed by atoms with E-state index in [2.05, 4.69) is 20.5 Å². The van der Waals surface area contributed by atoms with E-state index in [0.29, 0.717) is 21.8 Å². The first-order chi connectivity index (χ1) is 11.2. The van der Waals surface area contributed by atoms with Crippen molar-refractivity contribution in [3.05, 3.63) is 46.3 Å². The van der Waals surface area contributed by atoms with Crippen LogP contribution in [0.4, 0.5) is 10.5 Å². The maximum Gasteiger partial charge on any atom is 0.350 e. The lowest BCUT2D eigenvalue weighted by molar-refractivity contribution is 0.0607. The molecule has 7 nitrogen and oxygen atoms in total. The Kier molecular flexibility index (Phi) is 4.24. The van der Waals surface area contributed by atoms with Gasteiger partial charge in [-0.25, -0.2) is 9.59 Å². The van der Waals surface area contributed by atoms with Gasteiger partial charge in [0.1, 0.15) is 10.6 Å². The molecule has 0 unspecified atom stereocenters. The molecule has 2 heterocycles. The summed E-state index contributed by atoms with van der Waals surface area (Å²) in [7, 11) is 1.29. The van der Waals surface area contributed by atoms with Crippen LogP contribution >= 0.6 is 11.3 Å². The van der Waals surface area contributed by atoms with E-state index in [1.807, 2.05) is 18.2 Å². The van der Waals surface area contributed by atoms with E-state index in [1.165, 1.54) is 18.4 Å². The van der Waals surface area contributed by atoms with Crippen molar-refractivity contribution in [1.82, 2.24) is 10.5 Å². The Labute approximate surface area is 135 Å². The third-order valence-corrected chi connectivity index (χ3v) is 4.05. The zero-order valence-electron chi connectivity index (χ0n) is 12.2. The SMILES string of the molecule is COC(=O)c1sccc1NC(=O)NCc1noc2ccccc12. The summed E-state index contributed by atoms with van der Waals surface area (Å²) in [5, 5.41) is 11.8. The van der Waals surface area contributed by atoms with Crippen molar-refractivity contribution in [3.63, 3.8) is 0 Å². The number of hydrogen-bond donors (Lipinski definition) is 2. The van der Waals surface area contributed by atoms with Crippen molar-refractivity contribution in [2.75, 3.05) is 12.4 Å². The molecule has 8 heteroatoms. The first kappa shape index (κ1) is 15.0. The van der Waals surface area contributed by atoms with Crippen molar-refractivity contribution in [2.24, 2.45) is 0 Å². The molecule has 0 aliphatic rings. The summed E-state index contributed by atoms with van der Waals surface area (Å²) >= 11 is 1.20. The minimum atomic E-state index is -0.488. The van der Waals surface area contributed by atoms with Gasteiger partial charge in [0, 0.05) is 5.39 Å². The van der Waals surface area contributed by atoms with Crippen molar-refractivity contribution in [2.45, 2.75) is 6.54 Å². The molecule has 118 valence electrons. The van der Waals surface area contributed by atoms with Gasteiger partial charge >= 0.3 is 12.0 Å². The molecule has 3 rings (SSSR count). The summed E-state index contributed by atoms with van der Waals surface area (Å²) in [6.07, 6.45) is 0. The number of anilines is 1. The summed E-state index contributed by atoms with van der Waals surface area (Å²) in [5.74, 6) is -0.488. The Hall–Kier alpha value is -2.87. The van der Waals surface area contributed by atoms with Crippen LogP contribution in [0, 0.1) is 0 Å². The maximum absolute atomic E-state index is 12.0. The van der Waals surface area contributed by atoms with E-state index < -0.39 is 12.0 Å². The Morgan fingerprint density at radius 3 is 2.96 bits per heavy atom. The second kappa shape index (κ2) is 6.49. The van der Waals surface area contributed by atoms with E-state index >= 15 is 0 Å². The monoisotopic (exact) mass is 331 g/mol. The van der Waals surface area contributed by atoms with Crippen molar-refractivity contribution < 1.29 is 18.8 Å². The summed E-state index contributed by atoms with van der Waals surface area (Å²) < 4.78 is 9.83. The van der Waals surface area contributed by atoms with Gasteiger partial charge in [0.15, 0.2) is 5.58 Å². The minimum Gasteiger partial charge on any atom is -0.465 e. The lowest BCUT2D eigenvalue weighted by Gasteiger charge is -2.06. The quantitative estimate of drug-likeness (QED) is 0.717. The van der Waals surface area contributed by atoms with Crippen molar-refractivity contribution in [3.8, 4) is 0 Å². The number of nitrogens with one attached hydrogen (secondary N) is 2. The molecule has 2 N–H and O–H groups in total. The molecule has 0 spiro atoms. The van der Waals surface area contributed by atoms with Gasteiger partial charge in [0.05, 0.1) is 19.3 Å². The van der Waals surface area contributed by atoms with Crippen LogP contribution in [0.15, 0.2) is 40.2 Å². The molecule has 0 bridgehead atoms. The number of fused-ring (bicyclic) bond motifs is 1. The molecule has 0 saturated carbocycles. The number of carbonyl (C=O) groups excluding carboxylic acids is 2. The second-order valence-electron chi connectivity index (χ2n) is 4.59. The molecule has 3 aromatic rings. The third kappa shape index (κ3) is 3.16. The number of aromatic nitrogens is 1. The van der Waals surface area contributed by atoms with E-state index in [1.54, 1.807) is 17.5 Å². The fourth-order valence-corrected chi connectivity index (χ4v) is 2.82. The Balaban J connectivity index is 1.64. The van der Waals surface area contributed by atoms with E-state index in [4.69, 9.17) is 4.52 Å². The lowest BCUT2D eigenvalue weighted by atomic mass is 10.2. The highest BCUT2D eigenvalue weighted by Gasteiger charge is 2.16. The third-order valence-electron chi connectivity index (χ3n) is 3.15. The van der Waals surface area contributed by atoms with Crippen LogP contribution in [0.3, 0.4) is 0 Å². The summed E-state index contributed by atoms with van der Waals surface area (Å²) in [6.45, 7) is 0.209. The smallest absolute Gasteiger partial charge is 0.350 e. The number of thiophene rings is 1. The fraction of sp³-hybridized carbons (Fsp3) is 0.133. The van der Waals surface area contributed by atoms with Crippen LogP contribution in [0.5, 0.6) is 0 Å². The van der Waals surface area contributed by atoms with Gasteiger partial charge in [-0.3, -0.25) is 0 Å². The summed E-state index contributed by atoms with van der Waals surface area (Å²) in [6, 6.07) is 8.59. The molecule has 0 saturated heterocycles. The summed E-state index contributed by atoms with van der Waals surface area (Å²) in [4.78, 5) is 23.9. The number of urea groups is 1. The van der Waals surface area contributed by atoms with Gasteiger partial charge in [-0.15, -0.1) is 11.3 Å². The average Bonchev–Trinajstić information content (AvgIpc) is 3.19. The molecule has 0 aliphatic heterocycles. The normalized spacial score (nSPS) is 10.5. The molecule has 0 atom stereocenters. The van der Waals surface area contributed by atoms with Gasteiger partial charge in [-0.05, 0) is 23.6 Å². The number of benzene rings is 1. The number of para-hydroxylation sites is 1. The number of esters is 1. The highest BCUT2D eigenvalue weighted by Crippen LogP contribution is 2.23. The molecule has 2 aromatic heterocycles. The van der Waals surface area contributed by atoms with Gasteiger partial charge in [-0.1, -0.05) is 17.3 Å². The molecule has 0 fully saturated rings. The molecular weight excluding hydrogens is 318 g/mol. The first-order valence-electron chi connectivity index (χ1n) is 6.73. The Bertz CT molecular complexity index is 855. The van der Waals surface area contributed by atoms with Crippen LogP contribution in [0.1, 0.15) is 15.4 Å². The Morgan fingerprint density at radius 1 is 1.30 bits per heavy atom. The van der Waals surface area contributed by atoms with Gasteiger partial charge in [-0.2, -0.15) is 0 Å². The predicted molar refractivity (Wildman–Crippen MR) is 85.5 cm³/mol. The first-order valence-corrected chi connectivity index (χ1v) is 7.61. The molecular formula is C15H13N3O4S. The summed E-state index contributed by atoms with van der Waals surface area (Å²) in [5.41, 5.74) is 1.70. The topological polar surface area (TPSA) is 93.5 Å². The largest absolute Gasteiger partial charge is 0.465 e. The minimum absolute atomic E-state index is 0.209. The predicted octanol–water partition coefficient (Wildman–Crippen LogP) is 3.00. The number of amides is 2. The van der Waals surface area contributed by atoms with Crippen LogP contribution in [-0.4, -0.2) is 24.3 Å². The molecule has 0 radical (unpaired) electrons. The molecule has 0 aliphatic carbocycles. The maximum atomic E-state index is 12.0. The van der Waals surface area contributed by atoms with E-state index in [0.717, 1.165) is 5.39 Å². The number of rotatable bonds is 4. The fourth-order valence-electron chi connectivity index (χ4n) is 2.05. The molecule has 1 aromatic carbocycles. The van der Waals surface area contributed by atoms with Crippen LogP contribution in [0.2, 0.25) is 0 Å². The number of hydrogen-bond acceptors (Lipinski definition) is 6. The zero-order chi connectivity index (χ0) is 16.2. The molecule has 23 heavy (non-hydrogen) atoms. The number of nitrogens with zero attached hydrogens (tertiary/aromatic N) is 1. The highest BCUT2D eigenvalue weighted by atomic mass is 32.1. The van der Waals surface area contributed by atoms with Crippen molar-refractivity contribution >= 4 is 40.0 Å². The number of ether oxygens (including phenoxy) is 1. The van der Waals surface area contributed by atoms with Crippen LogP contribution in [-0.2, 0) is 11.3 Å². The average molecular weight is 331 g/mol. The van der Waals surface area contributed by atoms with E-state index in [-0.39, 0.29) is 6.54 Å². The Morgan fingerprint density at radius 2 is 2.13 bits per heavy atom. The zero-order valence-corrected chi connectivity index (χ0v) is 13.0. The second-order valence-corrected chi connectivity index (χ2v) is 5.50. The highest BCUT2D eigenvalue weighted by molar-refractivity contribution is 7.12.